The SMILES string of the molecule is O=C(CC[C@H]1CCCN(Cc2cc(F)ccc2F)C1)N1CCN(c2ccccn2)CC1. The van der Waals surface area contributed by atoms with Crippen molar-refractivity contribution >= 4 is 11.7 Å². The van der Waals surface area contributed by atoms with Gasteiger partial charge in [0.25, 0.3) is 0 Å². The standard InChI is InChI=1S/C24H30F2N4O/c25-21-7-8-22(26)20(16-21)18-28-11-3-4-19(17-28)6-9-24(31)30-14-12-29(13-15-30)23-5-1-2-10-27-23/h1-2,5,7-8,10,16,19H,3-4,6,9,11-15,17-18H2/t19-/m1/s1. The number of aromatic nitrogens is 1. The van der Waals surface area contributed by atoms with E-state index in [0.29, 0.717) is 24.4 Å². The van der Waals surface area contributed by atoms with Gasteiger partial charge < -0.3 is 9.80 Å². The molecule has 2 aliphatic heterocycles. The lowest BCUT2D eigenvalue weighted by atomic mass is 9.92. The Bertz CT molecular complexity index is 871. The number of hydrogen-bond donors (Lipinski definition) is 0. The topological polar surface area (TPSA) is 39.7 Å². The number of piperidine rings is 1. The highest BCUT2D eigenvalue weighted by Crippen LogP contribution is 2.24. The smallest absolute Gasteiger partial charge is 0.222 e. The van der Waals surface area contributed by atoms with Crippen LogP contribution in [0.25, 0.3) is 0 Å². The lowest BCUT2D eigenvalue weighted by molar-refractivity contribution is -0.131. The van der Waals surface area contributed by atoms with E-state index in [1.165, 1.54) is 12.1 Å². The average molecular weight is 429 g/mol. The molecule has 0 radical (unpaired) electrons. The fraction of sp³-hybridized carbons (Fsp3) is 0.500. The van der Waals surface area contributed by atoms with Gasteiger partial charge in [-0.25, -0.2) is 13.8 Å². The number of piperazine rings is 1. The minimum absolute atomic E-state index is 0.217. The number of rotatable bonds is 6. The lowest BCUT2D eigenvalue weighted by Crippen LogP contribution is -2.49. The maximum Gasteiger partial charge on any atom is 0.222 e. The van der Waals surface area contributed by atoms with E-state index in [-0.39, 0.29) is 11.7 Å². The number of amides is 1. The van der Waals surface area contributed by atoms with E-state index >= 15 is 0 Å². The minimum Gasteiger partial charge on any atom is -0.353 e. The quantitative estimate of drug-likeness (QED) is 0.704. The molecule has 7 heteroatoms. The zero-order valence-corrected chi connectivity index (χ0v) is 17.9. The van der Waals surface area contributed by atoms with E-state index in [1.54, 1.807) is 6.20 Å². The molecule has 0 N–H and O–H groups in total. The van der Waals surface area contributed by atoms with E-state index in [9.17, 15) is 13.6 Å². The summed E-state index contributed by atoms with van der Waals surface area (Å²) < 4.78 is 27.4. The number of anilines is 1. The minimum atomic E-state index is -0.404. The Hall–Kier alpha value is -2.54. The normalized spacial score (nSPS) is 20.1. The summed E-state index contributed by atoms with van der Waals surface area (Å²) in [6.07, 6.45) is 5.31. The van der Waals surface area contributed by atoms with Gasteiger partial charge in [0, 0.05) is 57.4 Å². The fourth-order valence-corrected chi connectivity index (χ4v) is 4.65. The van der Waals surface area contributed by atoms with E-state index in [0.717, 1.165) is 70.4 Å². The number of pyridine rings is 1. The summed E-state index contributed by atoms with van der Waals surface area (Å²) in [4.78, 5) is 23.5. The number of hydrogen-bond acceptors (Lipinski definition) is 4. The molecular weight excluding hydrogens is 398 g/mol. The number of likely N-dealkylation sites (tertiary alicyclic amines) is 1. The van der Waals surface area contributed by atoms with Gasteiger partial charge in [-0.15, -0.1) is 0 Å². The van der Waals surface area contributed by atoms with Crippen LogP contribution in [0.2, 0.25) is 0 Å². The molecule has 2 aromatic rings. The van der Waals surface area contributed by atoms with Gasteiger partial charge in [0.05, 0.1) is 0 Å². The maximum absolute atomic E-state index is 14.0. The third-order valence-corrected chi connectivity index (χ3v) is 6.38. The lowest BCUT2D eigenvalue weighted by Gasteiger charge is -2.36. The predicted molar refractivity (Wildman–Crippen MR) is 117 cm³/mol. The van der Waals surface area contributed by atoms with Crippen molar-refractivity contribution in [2.45, 2.75) is 32.2 Å². The first kappa shape index (κ1) is 21.7. The summed E-state index contributed by atoms with van der Waals surface area (Å²) >= 11 is 0. The largest absolute Gasteiger partial charge is 0.353 e. The first-order valence-electron chi connectivity index (χ1n) is 11.2. The fourth-order valence-electron chi connectivity index (χ4n) is 4.65. The second-order valence-corrected chi connectivity index (χ2v) is 8.57. The number of nitrogens with zero attached hydrogens (tertiary/aromatic N) is 4. The van der Waals surface area contributed by atoms with Crippen LogP contribution in [0, 0.1) is 17.6 Å². The van der Waals surface area contributed by atoms with Gasteiger partial charge >= 0.3 is 0 Å². The van der Waals surface area contributed by atoms with Gasteiger partial charge in [-0.3, -0.25) is 9.69 Å². The van der Waals surface area contributed by atoms with Crippen molar-refractivity contribution in [1.82, 2.24) is 14.8 Å². The molecule has 0 bridgehead atoms. The van der Waals surface area contributed by atoms with Crippen molar-refractivity contribution in [3.63, 3.8) is 0 Å². The molecule has 0 aliphatic carbocycles. The summed E-state index contributed by atoms with van der Waals surface area (Å²) in [5.41, 5.74) is 0.405. The molecule has 3 heterocycles. The van der Waals surface area contributed by atoms with Crippen LogP contribution in [0.5, 0.6) is 0 Å². The second-order valence-electron chi connectivity index (χ2n) is 8.57. The summed E-state index contributed by atoms with van der Waals surface area (Å²) in [7, 11) is 0. The number of carbonyl (C=O) groups excluding carboxylic acids is 1. The van der Waals surface area contributed by atoms with Crippen LogP contribution in [-0.4, -0.2) is 60.0 Å². The number of benzene rings is 1. The summed E-state index contributed by atoms with van der Waals surface area (Å²) in [6, 6.07) is 9.52. The number of halogens is 2. The molecule has 0 saturated carbocycles. The van der Waals surface area contributed by atoms with Gasteiger partial charge in [0.15, 0.2) is 0 Å². The molecule has 5 nitrogen and oxygen atoms in total. The van der Waals surface area contributed by atoms with Crippen molar-refractivity contribution in [1.29, 1.82) is 0 Å². The molecular formula is C24H30F2N4O. The molecule has 0 spiro atoms. The molecule has 2 fully saturated rings. The molecule has 1 amide bonds. The Balaban J connectivity index is 1.22. The first-order chi connectivity index (χ1) is 15.1. The van der Waals surface area contributed by atoms with Gasteiger partial charge in [-0.1, -0.05) is 6.07 Å². The molecule has 1 aromatic heterocycles. The molecule has 4 rings (SSSR count). The molecule has 0 unspecified atom stereocenters. The first-order valence-corrected chi connectivity index (χ1v) is 11.2. The number of carbonyl (C=O) groups is 1. The van der Waals surface area contributed by atoms with Gasteiger partial charge in [-0.05, 0) is 62.1 Å². The zero-order valence-electron chi connectivity index (χ0n) is 17.9. The summed E-state index contributed by atoms with van der Waals surface area (Å²) in [5, 5.41) is 0. The van der Waals surface area contributed by atoms with Crippen LogP contribution in [0.3, 0.4) is 0 Å². The van der Waals surface area contributed by atoms with E-state index in [4.69, 9.17) is 0 Å². The Morgan fingerprint density at radius 2 is 1.90 bits per heavy atom. The van der Waals surface area contributed by atoms with Crippen molar-refractivity contribution in [2.24, 2.45) is 5.92 Å². The Kier molecular flexibility index (Phi) is 7.12. The maximum atomic E-state index is 14.0. The van der Waals surface area contributed by atoms with Crippen molar-refractivity contribution < 1.29 is 13.6 Å². The van der Waals surface area contributed by atoms with Crippen molar-refractivity contribution in [3.05, 3.63) is 59.8 Å². The van der Waals surface area contributed by atoms with Crippen LogP contribution < -0.4 is 4.90 Å². The third kappa shape index (κ3) is 5.79. The van der Waals surface area contributed by atoms with Crippen molar-refractivity contribution in [2.75, 3.05) is 44.2 Å². The third-order valence-electron chi connectivity index (χ3n) is 6.38. The summed E-state index contributed by atoms with van der Waals surface area (Å²) in [5.74, 6) is 0.840. The van der Waals surface area contributed by atoms with Crippen LogP contribution in [0.1, 0.15) is 31.2 Å². The average Bonchev–Trinajstić information content (AvgIpc) is 2.81. The zero-order chi connectivity index (χ0) is 21.6. The highest BCUT2D eigenvalue weighted by Gasteiger charge is 2.25. The van der Waals surface area contributed by atoms with Crippen LogP contribution in [0.4, 0.5) is 14.6 Å². The monoisotopic (exact) mass is 428 g/mol. The second kappa shape index (κ2) is 10.2. The molecule has 1 atom stereocenters. The van der Waals surface area contributed by atoms with Crippen LogP contribution in [-0.2, 0) is 11.3 Å². The van der Waals surface area contributed by atoms with Crippen LogP contribution in [0.15, 0.2) is 42.6 Å². The van der Waals surface area contributed by atoms with Gasteiger partial charge in [0.2, 0.25) is 5.91 Å². The Morgan fingerprint density at radius 1 is 1.06 bits per heavy atom. The molecule has 2 aliphatic rings. The van der Waals surface area contributed by atoms with E-state index < -0.39 is 5.82 Å². The molecule has 166 valence electrons. The van der Waals surface area contributed by atoms with Gasteiger partial charge in [0.1, 0.15) is 17.5 Å². The highest BCUT2D eigenvalue weighted by atomic mass is 19.1. The van der Waals surface area contributed by atoms with E-state index in [2.05, 4.69) is 14.8 Å². The van der Waals surface area contributed by atoms with Crippen LogP contribution >= 0.6 is 0 Å². The highest BCUT2D eigenvalue weighted by molar-refractivity contribution is 5.76. The van der Waals surface area contributed by atoms with E-state index in [1.807, 2.05) is 23.1 Å². The predicted octanol–water partition coefficient (Wildman–Crippen LogP) is 3.70. The van der Waals surface area contributed by atoms with Crippen molar-refractivity contribution in [3.8, 4) is 0 Å². The Morgan fingerprint density at radius 3 is 2.68 bits per heavy atom. The Labute approximate surface area is 182 Å². The molecule has 1 aromatic carbocycles. The molecule has 31 heavy (non-hydrogen) atoms. The van der Waals surface area contributed by atoms with Gasteiger partial charge in [-0.2, -0.15) is 0 Å². The molecule has 2 saturated heterocycles. The summed E-state index contributed by atoms with van der Waals surface area (Å²) in [6.45, 7) is 5.20.